The highest BCUT2D eigenvalue weighted by molar-refractivity contribution is 5.89. The first-order valence-electron chi connectivity index (χ1n) is 4.71. The van der Waals surface area contributed by atoms with Crippen LogP contribution < -0.4 is 0 Å². The van der Waals surface area contributed by atoms with Crippen molar-refractivity contribution in [3.05, 3.63) is 33.8 Å². The lowest BCUT2D eigenvalue weighted by Gasteiger charge is -1.93. The molecule has 0 bridgehead atoms. The highest BCUT2D eigenvalue weighted by Crippen LogP contribution is 2.17. The maximum atomic E-state index is 10.8. The third-order valence-electron chi connectivity index (χ3n) is 2.01. The Balaban J connectivity index is 2.32. The number of aromatic nitrogens is 4. The molecule has 0 aliphatic heterocycles. The van der Waals surface area contributed by atoms with Gasteiger partial charge in [0.05, 0.1) is 4.92 Å². The summed E-state index contributed by atoms with van der Waals surface area (Å²) in [7, 11) is 0. The number of nitrogens with zero attached hydrogens (tertiary/aromatic N) is 5. The molecule has 1 N–H and O–H groups in total. The number of aryl methyl sites for hydroxylation is 1. The minimum atomic E-state index is -1.47. The first-order valence-corrected chi connectivity index (χ1v) is 4.71. The predicted octanol–water partition coefficient (Wildman–Crippen LogP) is 0.229. The van der Waals surface area contributed by atoms with Crippen molar-refractivity contribution in [2.24, 2.45) is 0 Å². The van der Waals surface area contributed by atoms with E-state index in [-0.39, 0.29) is 12.4 Å². The second-order valence-corrected chi connectivity index (χ2v) is 3.34. The molecule has 2 aromatic rings. The van der Waals surface area contributed by atoms with Crippen LogP contribution in [0.1, 0.15) is 22.3 Å². The minimum absolute atomic E-state index is 0.0328. The summed E-state index contributed by atoms with van der Waals surface area (Å²) in [6, 6.07) is 0. The maximum Gasteiger partial charge on any atom is 0.363 e. The summed E-state index contributed by atoms with van der Waals surface area (Å²) in [5.41, 5.74) is -1.21. The molecular weight excluding hydrogens is 246 g/mol. The van der Waals surface area contributed by atoms with E-state index in [1.165, 1.54) is 0 Å². The van der Waals surface area contributed by atoms with Crippen LogP contribution in [0.4, 0.5) is 5.69 Å². The first-order chi connectivity index (χ1) is 8.47. The molecule has 0 aliphatic rings. The summed E-state index contributed by atoms with van der Waals surface area (Å²) in [5.74, 6) is -0.950. The molecule has 0 radical (unpaired) electrons. The molecule has 0 atom stereocenters. The Morgan fingerprint density at radius 3 is 2.78 bits per heavy atom. The highest BCUT2D eigenvalue weighted by Gasteiger charge is 2.25. The smallest absolute Gasteiger partial charge is 0.363 e. The van der Waals surface area contributed by atoms with E-state index in [0.29, 0.717) is 5.89 Å². The molecule has 0 spiro atoms. The molecule has 10 heteroatoms. The van der Waals surface area contributed by atoms with Crippen LogP contribution >= 0.6 is 0 Å². The van der Waals surface area contributed by atoms with E-state index in [4.69, 9.17) is 9.52 Å². The van der Waals surface area contributed by atoms with Crippen LogP contribution in [-0.2, 0) is 6.54 Å². The molecule has 0 unspecified atom stereocenters. The fourth-order valence-electron chi connectivity index (χ4n) is 1.32. The van der Waals surface area contributed by atoms with E-state index in [1.807, 2.05) is 0 Å². The molecule has 0 saturated heterocycles. The summed E-state index contributed by atoms with van der Waals surface area (Å²) in [4.78, 5) is 20.6. The van der Waals surface area contributed by atoms with Crippen LogP contribution in [0, 0.1) is 17.0 Å². The van der Waals surface area contributed by atoms with Gasteiger partial charge in [-0.25, -0.2) is 4.79 Å². The Hall–Kier alpha value is -2.78. The SMILES string of the molecule is Cc1nnc(Cn2cc([N+](=O)[O-])c(C(=O)O)n2)o1. The van der Waals surface area contributed by atoms with E-state index in [0.717, 1.165) is 10.9 Å². The van der Waals surface area contributed by atoms with Gasteiger partial charge in [-0.1, -0.05) is 0 Å². The van der Waals surface area contributed by atoms with Gasteiger partial charge in [0.2, 0.25) is 17.5 Å². The minimum Gasteiger partial charge on any atom is -0.476 e. The van der Waals surface area contributed by atoms with Gasteiger partial charge in [-0.15, -0.1) is 10.2 Å². The number of hydrogen-bond acceptors (Lipinski definition) is 7. The van der Waals surface area contributed by atoms with Crippen molar-refractivity contribution in [2.45, 2.75) is 13.5 Å². The van der Waals surface area contributed by atoms with Crippen molar-refractivity contribution in [1.29, 1.82) is 0 Å². The fourth-order valence-corrected chi connectivity index (χ4v) is 1.32. The van der Waals surface area contributed by atoms with Gasteiger partial charge >= 0.3 is 11.7 Å². The highest BCUT2D eigenvalue weighted by atomic mass is 16.6. The van der Waals surface area contributed by atoms with Gasteiger partial charge in [-0.05, 0) is 0 Å². The van der Waals surface area contributed by atoms with Crippen molar-refractivity contribution in [2.75, 3.05) is 0 Å². The second kappa shape index (κ2) is 4.24. The van der Waals surface area contributed by atoms with Crippen molar-refractivity contribution >= 4 is 11.7 Å². The number of rotatable bonds is 4. The zero-order valence-electron chi connectivity index (χ0n) is 9.10. The fraction of sp³-hybridized carbons (Fsp3) is 0.250. The number of carboxylic acid groups (broad SMARTS) is 1. The Kier molecular flexibility index (Phi) is 2.75. The summed E-state index contributed by atoms with van der Waals surface area (Å²) in [6.45, 7) is 1.56. The second-order valence-electron chi connectivity index (χ2n) is 3.34. The molecule has 0 aliphatic carbocycles. The Morgan fingerprint density at radius 2 is 2.33 bits per heavy atom. The van der Waals surface area contributed by atoms with Crippen LogP contribution in [-0.4, -0.2) is 36.0 Å². The Morgan fingerprint density at radius 1 is 1.61 bits per heavy atom. The van der Waals surface area contributed by atoms with Gasteiger partial charge in [0.15, 0.2) is 0 Å². The van der Waals surface area contributed by atoms with Gasteiger partial charge in [0.1, 0.15) is 12.7 Å². The van der Waals surface area contributed by atoms with E-state index >= 15 is 0 Å². The topological polar surface area (TPSA) is 137 Å². The van der Waals surface area contributed by atoms with E-state index in [1.54, 1.807) is 6.92 Å². The largest absolute Gasteiger partial charge is 0.476 e. The average Bonchev–Trinajstić information content (AvgIpc) is 2.85. The molecule has 10 nitrogen and oxygen atoms in total. The average molecular weight is 253 g/mol. The Bertz CT molecular complexity index is 584. The standard InChI is InChI=1S/C8H7N5O5/c1-4-9-10-6(18-4)3-12-2-5(13(16)17)7(11-12)8(14)15/h2H,3H2,1H3,(H,14,15). The van der Waals surface area contributed by atoms with Gasteiger partial charge in [0.25, 0.3) is 0 Å². The van der Waals surface area contributed by atoms with Crippen LogP contribution in [0.5, 0.6) is 0 Å². The summed E-state index contributed by atoms with van der Waals surface area (Å²) >= 11 is 0. The zero-order valence-corrected chi connectivity index (χ0v) is 9.10. The predicted molar refractivity (Wildman–Crippen MR) is 54.0 cm³/mol. The molecule has 0 aromatic carbocycles. The normalized spacial score (nSPS) is 10.5. The zero-order chi connectivity index (χ0) is 13.3. The molecule has 2 rings (SSSR count). The molecule has 2 aromatic heterocycles. The summed E-state index contributed by atoms with van der Waals surface area (Å²) in [5, 5.41) is 30.2. The maximum absolute atomic E-state index is 10.8. The number of carboxylic acids is 1. The molecule has 2 heterocycles. The lowest BCUT2D eigenvalue weighted by Crippen LogP contribution is -2.04. The number of carbonyl (C=O) groups is 1. The van der Waals surface area contributed by atoms with Crippen molar-refractivity contribution < 1.29 is 19.2 Å². The Labute approximate surface area is 99.0 Å². The van der Waals surface area contributed by atoms with E-state index in [2.05, 4.69) is 15.3 Å². The van der Waals surface area contributed by atoms with Crippen LogP contribution in [0.3, 0.4) is 0 Å². The monoisotopic (exact) mass is 253 g/mol. The van der Waals surface area contributed by atoms with Crippen molar-refractivity contribution in [1.82, 2.24) is 20.0 Å². The van der Waals surface area contributed by atoms with Crippen molar-refractivity contribution in [3.63, 3.8) is 0 Å². The molecule has 0 fully saturated rings. The summed E-state index contributed by atoms with van der Waals surface area (Å²) in [6.07, 6.45) is 1.00. The summed E-state index contributed by atoms with van der Waals surface area (Å²) < 4.78 is 6.12. The molecule has 0 amide bonds. The molecule has 0 saturated carbocycles. The number of nitro groups is 1. The quantitative estimate of drug-likeness (QED) is 0.603. The van der Waals surface area contributed by atoms with Gasteiger partial charge < -0.3 is 9.52 Å². The lowest BCUT2D eigenvalue weighted by molar-refractivity contribution is -0.385. The third kappa shape index (κ3) is 2.16. The number of hydrogen-bond donors (Lipinski definition) is 1. The van der Waals surface area contributed by atoms with Crippen molar-refractivity contribution in [3.8, 4) is 0 Å². The van der Waals surface area contributed by atoms with Crippen LogP contribution in [0.2, 0.25) is 0 Å². The van der Waals surface area contributed by atoms with E-state index in [9.17, 15) is 14.9 Å². The molecule has 94 valence electrons. The first kappa shape index (κ1) is 11.7. The number of aromatic carboxylic acids is 1. The van der Waals surface area contributed by atoms with Crippen LogP contribution in [0.25, 0.3) is 0 Å². The van der Waals surface area contributed by atoms with E-state index < -0.39 is 22.3 Å². The third-order valence-corrected chi connectivity index (χ3v) is 2.01. The van der Waals surface area contributed by atoms with Gasteiger partial charge in [0, 0.05) is 6.92 Å². The van der Waals surface area contributed by atoms with Crippen LogP contribution in [0.15, 0.2) is 10.6 Å². The molecular formula is C8H7N5O5. The van der Waals surface area contributed by atoms with Gasteiger partial charge in [-0.2, -0.15) is 5.10 Å². The molecule has 18 heavy (non-hydrogen) atoms. The van der Waals surface area contributed by atoms with Gasteiger partial charge in [-0.3, -0.25) is 14.8 Å². The lowest BCUT2D eigenvalue weighted by atomic mass is 10.4.